The van der Waals surface area contributed by atoms with Crippen molar-refractivity contribution < 1.29 is 8.42 Å². The molecule has 1 fully saturated rings. The summed E-state index contributed by atoms with van der Waals surface area (Å²) in [5.74, 6) is 1.82. The number of anilines is 1. The van der Waals surface area contributed by atoms with Gasteiger partial charge in [-0.2, -0.15) is 0 Å². The molecule has 118 valence electrons. The molecule has 2 atom stereocenters. The molecule has 2 unspecified atom stereocenters. The molecule has 2 N–H and O–H groups in total. The summed E-state index contributed by atoms with van der Waals surface area (Å²) < 4.78 is 27.7. The minimum atomic E-state index is -3.48. The van der Waals surface area contributed by atoms with Gasteiger partial charge >= 0.3 is 0 Å². The van der Waals surface area contributed by atoms with Gasteiger partial charge in [0.05, 0.1) is 0 Å². The standard InChI is InChI=1S/C15H25N3O2S/c1-4-16-15-6-5-14(10-17-15)21(19,20)18-13-8-11(2)7-12(3)9-13/h5-6,10-13,18H,4,7-9H2,1-3H3,(H,16,17). The molecule has 1 aliphatic carbocycles. The Kier molecular flexibility index (Phi) is 5.22. The minimum Gasteiger partial charge on any atom is -0.370 e. The van der Waals surface area contributed by atoms with Gasteiger partial charge in [0.25, 0.3) is 0 Å². The average molecular weight is 311 g/mol. The highest BCUT2D eigenvalue weighted by atomic mass is 32.2. The molecule has 5 nitrogen and oxygen atoms in total. The van der Waals surface area contributed by atoms with Gasteiger partial charge in [0.1, 0.15) is 10.7 Å². The molecule has 0 bridgehead atoms. The first-order valence-electron chi connectivity index (χ1n) is 7.63. The lowest BCUT2D eigenvalue weighted by Gasteiger charge is -2.31. The molecule has 0 aromatic carbocycles. The number of rotatable bonds is 5. The summed E-state index contributed by atoms with van der Waals surface area (Å²) >= 11 is 0. The zero-order valence-corrected chi connectivity index (χ0v) is 13.8. The van der Waals surface area contributed by atoms with Crippen molar-refractivity contribution in [2.24, 2.45) is 11.8 Å². The summed E-state index contributed by atoms with van der Waals surface area (Å²) in [5, 5.41) is 3.05. The number of pyridine rings is 1. The van der Waals surface area contributed by atoms with E-state index >= 15 is 0 Å². The van der Waals surface area contributed by atoms with E-state index in [0.29, 0.717) is 17.7 Å². The third-order valence-electron chi connectivity index (χ3n) is 3.90. The average Bonchev–Trinajstić information content (AvgIpc) is 2.38. The van der Waals surface area contributed by atoms with Crippen molar-refractivity contribution in [3.05, 3.63) is 18.3 Å². The summed E-state index contributed by atoms with van der Waals surface area (Å²) in [5.41, 5.74) is 0. The molecular weight excluding hydrogens is 286 g/mol. The van der Waals surface area contributed by atoms with Gasteiger partial charge in [-0.05, 0) is 50.2 Å². The molecule has 1 saturated carbocycles. The fourth-order valence-corrected chi connectivity index (χ4v) is 4.36. The minimum absolute atomic E-state index is 0.0298. The normalized spacial score (nSPS) is 26.5. The maximum atomic E-state index is 12.4. The number of hydrogen-bond donors (Lipinski definition) is 2. The molecule has 1 heterocycles. The highest BCUT2D eigenvalue weighted by Crippen LogP contribution is 2.29. The fourth-order valence-electron chi connectivity index (χ4n) is 3.16. The van der Waals surface area contributed by atoms with Crippen molar-refractivity contribution in [2.75, 3.05) is 11.9 Å². The molecule has 1 aliphatic rings. The monoisotopic (exact) mass is 311 g/mol. The van der Waals surface area contributed by atoms with Gasteiger partial charge in [-0.1, -0.05) is 13.8 Å². The van der Waals surface area contributed by atoms with Crippen molar-refractivity contribution in [3.63, 3.8) is 0 Å². The van der Waals surface area contributed by atoms with Crippen LogP contribution in [-0.4, -0.2) is 26.0 Å². The molecule has 2 rings (SSSR count). The third-order valence-corrected chi connectivity index (χ3v) is 5.41. The number of sulfonamides is 1. The van der Waals surface area contributed by atoms with Gasteiger partial charge in [-0.3, -0.25) is 0 Å². The number of hydrogen-bond acceptors (Lipinski definition) is 4. The first-order chi connectivity index (χ1) is 9.90. The van der Waals surface area contributed by atoms with Crippen LogP contribution in [0.5, 0.6) is 0 Å². The van der Waals surface area contributed by atoms with Crippen molar-refractivity contribution in [1.82, 2.24) is 9.71 Å². The second kappa shape index (κ2) is 6.75. The molecule has 0 saturated heterocycles. The summed E-state index contributed by atoms with van der Waals surface area (Å²) in [6, 6.07) is 3.33. The largest absolute Gasteiger partial charge is 0.370 e. The molecular formula is C15H25N3O2S. The van der Waals surface area contributed by atoms with Crippen molar-refractivity contribution in [2.45, 2.75) is 51.0 Å². The van der Waals surface area contributed by atoms with Crippen molar-refractivity contribution >= 4 is 15.8 Å². The Hall–Kier alpha value is -1.14. The topological polar surface area (TPSA) is 71.1 Å². The van der Waals surface area contributed by atoms with E-state index in [-0.39, 0.29) is 10.9 Å². The van der Waals surface area contributed by atoms with Crippen LogP contribution in [0, 0.1) is 11.8 Å². The van der Waals surface area contributed by atoms with E-state index in [4.69, 9.17) is 0 Å². The second-order valence-electron chi connectivity index (χ2n) is 6.15. The summed E-state index contributed by atoms with van der Waals surface area (Å²) in [6.45, 7) is 7.10. The van der Waals surface area contributed by atoms with Crippen molar-refractivity contribution in [1.29, 1.82) is 0 Å². The van der Waals surface area contributed by atoms with Crippen LogP contribution >= 0.6 is 0 Å². The Morgan fingerprint density at radius 2 is 1.86 bits per heavy atom. The van der Waals surface area contributed by atoms with E-state index in [0.717, 1.165) is 19.4 Å². The van der Waals surface area contributed by atoms with Gasteiger partial charge < -0.3 is 5.32 Å². The number of aromatic nitrogens is 1. The van der Waals surface area contributed by atoms with E-state index in [1.807, 2.05) is 6.92 Å². The molecule has 0 spiro atoms. The molecule has 1 aromatic heterocycles. The quantitative estimate of drug-likeness (QED) is 0.877. The maximum Gasteiger partial charge on any atom is 0.242 e. The van der Waals surface area contributed by atoms with Crippen LogP contribution in [0.1, 0.15) is 40.0 Å². The van der Waals surface area contributed by atoms with E-state index in [9.17, 15) is 8.42 Å². The predicted octanol–water partition coefficient (Wildman–Crippen LogP) is 2.62. The van der Waals surface area contributed by atoms with E-state index in [1.165, 1.54) is 12.6 Å². The molecule has 0 amide bonds. The van der Waals surface area contributed by atoms with Crippen molar-refractivity contribution in [3.8, 4) is 0 Å². The molecule has 6 heteroatoms. The van der Waals surface area contributed by atoms with Crippen LogP contribution < -0.4 is 10.0 Å². The van der Waals surface area contributed by atoms with Crippen LogP contribution in [0.15, 0.2) is 23.2 Å². The molecule has 0 radical (unpaired) electrons. The van der Waals surface area contributed by atoms with E-state index in [1.54, 1.807) is 12.1 Å². The Balaban J connectivity index is 2.07. The Morgan fingerprint density at radius 1 is 1.19 bits per heavy atom. The molecule has 0 aliphatic heterocycles. The van der Waals surface area contributed by atoms with Gasteiger partial charge in [-0.25, -0.2) is 18.1 Å². The van der Waals surface area contributed by atoms with Crippen LogP contribution in [0.25, 0.3) is 0 Å². The zero-order valence-electron chi connectivity index (χ0n) is 13.0. The first kappa shape index (κ1) is 16.2. The Morgan fingerprint density at radius 3 is 2.38 bits per heavy atom. The lowest BCUT2D eigenvalue weighted by atomic mass is 9.81. The number of nitrogens with zero attached hydrogens (tertiary/aromatic N) is 1. The summed E-state index contributed by atoms with van der Waals surface area (Å²) in [4.78, 5) is 4.36. The van der Waals surface area contributed by atoms with E-state index < -0.39 is 10.0 Å². The van der Waals surface area contributed by atoms with Gasteiger partial charge in [0.15, 0.2) is 0 Å². The van der Waals surface area contributed by atoms with Gasteiger partial charge in [0, 0.05) is 18.8 Å². The Bertz CT molecular complexity index is 547. The zero-order chi connectivity index (χ0) is 15.5. The van der Waals surface area contributed by atoms with Gasteiger partial charge in [-0.15, -0.1) is 0 Å². The predicted molar refractivity (Wildman–Crippen MR) is 84.7 cm³/mol. The van der Waals surface area contributed by atoms with Crippen LogP contribution in [0.2, 0.25) is 0 Å². The molecule has 21 heavy (non-hydrogen) atoms. The van der Waals surface area contributed by atoms with Crippen LogP contribution in [-0.2, 0) is 10.0 Å². The third kappa shape index (κ3) is 4.41. The highest BCUT2D eigenvalue weighted by molar-refractivity contribution is 7.89. The van der Waals surface area contributed by atoms with E-state index in [2.05, 4.69) is 28.9 Å². The Labute approximate surface area is 127 Å². The maximum absolute atomic E-state index is 12.4. The highest BCUT2D eigenvalue weighted by Gasteiger charge is 2.28. The molecule has 1 aromatic rings. The van der Waals surface area contributed by atoms with Crippen LogP contribution in [0.3, 0.4) is 0 Å². The summed E-state index contributed by atoms with van der Waals surface area (Å²) in [7, 11) is -3.48. The SMILES string of the molecule is CCNc1ccc(S(=O)(=O)NC2CC(C)CC(C)C2)cn1. The fraction of sp³-hybridized carbons (Fsp3) is 0.667. The van der Waals surface area contributed by atoms with Gasteiger partial charge in [0.2, 0.25) is 10.0 Å². The first-order valence-corrected chi connectivity index (χ1v) is 9.11. The lowest BCUT2D eigenvalue weighted by molar-refractivity contribution is 0.257. The summed E-state index contributed by atoms with van der Waals surface area (Å²) in [6.07, 6.45) is 4.41. The lowest BCUT2D eigenvalue weighted by Crippen LogP contribution is -2.40. The smallest absolute Gasteiger partial charge is 0.242 e. The number of nitrogens with one attached hydrogen (secondary N) is 2. The second-order valence-corrected chi connectivity index (χ2v) is 7.86. The van der Waals surface area contributed by atoms with Crippen LogP contribution in [0.4, 0.5) is 5.82 Å².